The van der Waals surface area contributed by atoms with Gasteiger partial charge in [0.1, 0.15) is 0 Å². The predicted molar refractivity (Wildman–Crippen MR) is 119 cm³/mol. The van der Waals surface area contributed by atoms with Gasteiger partial charge in [-0.05, 0) is 49.5 Å². The topological polar surface area (TPSA) is 60.1 Å². The fourth-order valence-corrected chi connectivity index (χ4v) is 4.09. The minimum absolute atomic E-state index is 0.813. The van der Waals surface area contributed by atoms with Crippen molar-refractivity contribution in [1.29, 1.82) is 0 Å². The number of benzene rings is 2. The predicted octanol–water partition coefficient (Wildman–Crippen LogP) is 4.37. The van der Waals surface area contributed by atoms with E-state index >= 15 is 0 Å². The van der Waals surface area contributed by atoms with Crippen molar-refractivity contribution in [2.24, 2.45) is 0 Å². The quantitative estimate of drug-likeness (QED) is 0.499. The zero-order valence-electron chi connectivity index (χ0n) is 15.6. The molecule has 0 amide bonds. The zero-order chi connectivity index (χ0) is 19.1. The molecule has 1 fully saturated rings. The summed E-state index contributed by atoms with van der Waals surface area (Å²) in [6.45, 7) is 4.36. The molecule has 4 aromatic rings. The first kappa shape index (κ1) is 17.5. The number of nitrogens with zero attached hydrogens (tertiary/aromatic N) is 4. The van der Waals surface area contributed by atoms with E-state index in [1.807, 2.05) is 18.3 Å². The van der Waals surface area contributed by atoms with Crippen LogP contribution in [0.3, 0.4) is 0 Å². The number of nitrogens with one attached hydrogen (secondary N) is 2. The van der Waals surface area contributed by atoms with Crippen LogP contribution in [0, 0.1) is 0 Å². The van der Waals surface area contributed by atoms with E-state index in [0.717, 1.165) is 64.0 Å². The van der Waals surface area contributed by atoms with Crippen LogP contribution >= 0.6 is 15.9 Å². The summed E-state index contributed by atoms with van der Waals surface area (Å²) in [7, 11) is 2.18. The molecule has 5 rings (SSSR count). The third kappa shape index (κ3) is 3.21. The molecule has 0 aliphatic carbocycles. The molecular formula is C21H21BrN6. The van der Waals surface area contributed by atoms with Crippen LogP contribution in [0.4, 0.5) is 17.2 Å². The maximum absolute atomic E-state index is 4.51. The first-order valence-electron chi connectivity index (χ1n) is 9.40. The van der Waals surface area contributed by atoms with E-state index in [2.05, 4.69) is 83.6 Å². The van der Waals surface area contributed by atoms with Crippen LogP contribution in [-0.4, -0.2) is 53.3 Å². The minimum Gasteiger partial charge on any atom is -0.369 e. The average Bonchev–Trinajstić information content (AvgIpc) is 3.12. The first-order chi connectivity index (χ1) is 13.7. The van der Waals surface area contributed by atoms with Gasteiger partial charge in [-0.2, -0.15) is 5.10 Å². The molecule has 0 saturated carbocycles. The van der Waals surface area contributed by atoms with Crippen molar-refractivity contribution < 1.29 is 0 Å². The van der Waals surface area contributed by atoms with Crippen LogP contribution in [-0.2, 0) is 0 Å². The van der Waals surface area contributed by atoms with Gasteiger partial charge in [0.05, 0.1) is 22.6 Å². The number of hydrogen-bond donors (Lipinski definition) is 2. The Kier molecular flexibility index (Phi) is 4.41. The SMILES string of the molecule is CN1CCN(c2ccc(Nc3n[nH]c4cnc5ccc(Br)cc5c34)cc2)CC1. The van der Waals surface area contributed by atoms with E-state index in [-0.39, 0.29) is 0 Å². The lowest BCUT2D eigenvalue weighted by molar-refractivity contribution is 0.313. The van der Waals surface area contributed by atoms with Gasteiger partial charge in [-0.15, -0.1) is 0 Å². The standard InChI is InChI=1S/C21H21BrN6/c1-27-8-10-28(11-9-27)16-5-3-15(4-6-16)24-21-20-17-12-14(22)2-7-18(17)23-13-19(20)25-26-21/h2-7,12-13H,8-11H2,1H3,(H2,24,25,26). The summed E-state index contributed by atoms with van der Waals surface area (Å²) in [5.41, 5.74) is 4.16. The number of likely N-dealkylation sites (N-methyl/N-ethyl adjacent to an activating group) is 1. The Balaban J connectivity index is 1.44. The summed E-state index contributed by atoms with van der Waals surface area (Å²) in [6.07, 6.45) is 1.83. The smallest absolute Gasteiger partial charge is 0.160 e. The lowest BCUT2D eigenvalue weighted by Gasteiger charge is -2.34. The van der Waals surface area contributed by atoms with Gasteiger partial charge >= 0.3 is 0 Å². The molecule has 2 N–H and O–H groups in total. The lowest BCUT2D eigenvalue weighted by Crippen LogP contribution is -2.44. The summed E-state index contributed by atoms with van der Waals surface area (Å²) in [5.74, 6) is 0.813. The number of fused-ring (bicyclic) bond motifs is 3. The fraction of sp³-hybridized carbons (Fsp3) is 0.238. The first-order valence-corrected chi connectivity index (χ1v) is 10.2. The summed E-state index contributed by atoms with van der Waals surface area (Å²) in [4.78, 5) is 9.31. The second kappa shape index (κ2) is 7.07. The zero-order valence-corrected chi connectivity index (χ0v) is 17.2. The molecule has 0 unspecified atom stereocenters. The van der Waals surface area contributed by atoms with Crippen LogP contribution in [0.5, 0.6) is 0 Å². The molecule has 1 saturated heterocycles. The Morgan fingerprint density at radius 3 is 2.61 bits per heavy atom. The van der Waals surface area contributed by atoms with Crippen molar-refractivity contribution in [2.45, 2.75) is 0 Å². The highest BCUT2D eigenvalue weighted by Gasteiger charge is 2.15. The van der Waals surface area contributed by atoms with Crippen LogP contribution in [0.2, 0.25) is 0 Å². The molecule has 0 radical (unpaired) electrons. The number of aromatic amines is 1. The normalized spacial score (nSPS) is 15.4. The van der Waals surface area contributed by atoms with E-state index in [0.29, 0.717) is 0 Å². The third-order valence-electron chi connectivity index (χ3n) is 5.35. The second-order valence-electron chi connectivity index (χ2n) is 7.24. The molecule has 6 nitrogen and oxygen atoms in total. The highest BCUT2D eigenvalue weighted by Crippen LogP contribution is 2.32. The Hall–Kier alpha value is -2.64. The van der Waals surface area contributed by atoms with Crippen molar-refractivity contribution in [2.75, 3.05) is 43.4 Å². The third-order valence-corrected chi connectivity index (χ3v) is 5.85. The van der Waals surface area contributed by atoms with Crippen LogP contribution < -0.4 is 10.2 Å². The van der Waals surface area contributed by atoms with Crippen molar-refractivity contribution in [1.82, 2.24) is 20.1 Å². The van der Waals surface area contributed by atoms with Crippen LogP contribution in [0.25, 0.3) is 21.8 Å². The minimum atomic E-state index is 0.813. The Bertz CT molecular complexity index is 1130. The number of anilines is 3. The number of aromatic nitrogens is 3. The van der Waals surface area contributed by atoms with Gasteiger partial charge in [-0.3, -0.25) is 10.1 Å². The molecule has 142 valence electrons. The number of hydrogen-bond acceptors (Lipinski definition) is 5. The molecule has 7 heteroatoms. The molecule has 1 aliphatic rings. The van der Waals surface area contributed by atoms with E-state index in [9.17, 15) is 0 Å². The highest BCUT2D eigenvalue weighted by atomic mass is 79.9. The van der Waals surface area contributed by atoms with Crippen molar-refractivity contribution in [3.63, 3.8) is 0 Å². The van der Waals surface area contributed by atoms with E-state index < -0.39 is 0 Å². The number of H-pyrrole nitrogens is 1. The van der Waals surface area contributed by atoms with Gasteiger partial charge in [0.2, 0.25) is 0 Å². The molecule has 0 bridgehead atoms. The van der Waals surface area contributed by atoms with Gasteiger partial charge in [0.25, 0.3) is 0 Å². The number of halogens is 1. The van der Waals surface area contributed by atoms with Gasteiger partial charge in [0.15, 0.2) is 5.82 Å². The molecule has 0 spiro atoms. The molecule has 3 heterocycles. The summed E-state index contributed by atoms with van der Waals surface area (Å²) in [5, 5.41) is 13.1. The maximum atomic E-state index is 4.51. The largest absolute Gasteiger partial charge is 0.369 e. The molecule has 2 aromatic carbocycles. The maximum Gasteiger partial charge on any atom is 0.160 e. The summed E-state index contributed by atoms with van der Waals surface area (Å²) < 4.78 is 1.03. The number of rotatable bonds is 3. The Labute approximate surface area is 171 Å². The molecule has 1 aliphatic heterocycles. The fourth-order valence-electron chi connectivity index (χ4n) is 3.72. The average molecular weight is 437 g/mol. The van der Waals surface area contributed by atoms with E-state index in [1.54, 1.807) is 0 Å². The van der Waals surface area contributed by atoms with Crippen molar-refractivity contribution >= 4 is 54.9 Å². The summed E-state index contributed by atoms with van der Waals surface area (Å²) in [6, 6.07) is 14.7. The van der Waals surface area contributed by atoms with Crippen molar-refractivity contribution in [3.8, 4) is 0 Å². The number of piperazine rings is 1. The number of pyridine rings is 1. The monoisotopic (exact) mass is 436 g/mol. The van der Waals surface area contributed by atoms with Crippen LogP contribution in [0.1, 0.15) is 0 Å². The van der Waals surface area contributed by atoms with E-state index in [1.165, 1.54) is 5.69 Å². The molecular weight excluding hydrogens is 416 g/mol. The van der Waals surface area contributed by atoms with Gasteiger partial charge in [-0.25, -0.2) is 0 Å². The van der Waals surface area contributed by atoms with Crippen LogP contribution in [0.15, 0.2) is 53.1 Å². The van der Waals surface area contributed by atoms with E-state index in [4.69, 9.17) is 0 Å². The Morgan fingerprint density at radius 2 is 1.82 bits per heavy atom. The lowest BCUT2D eigenvalue weighted by atomic mass is 10.1. The van der Waals surface area contributed by atoms with Gasteiger partial charge in [0, 0.05) is 47.4 Å². The summed E-state index contributed by atoms with van der Waals surface area (Å²) >= 11 is 3.56. The molecule has 28 heavy (non-hydrogen) atoms. The van der Waals surface area contributed by atoms with Gasteiger partial charge < -0.3 is 15.1 Å². The molecule has 0 atom stereocenters. The Morgan fingerprint density at radius 1 is 1.04 bits per heavy atom. The van der Waals surface area contributed by atoms with Gasteiger partial charge in [-0.1, -0.05) is 15.9 Å². The van der Waals surface area contributed by atoms with Crippen molar-refractivity contribution in [3.05, 3.63) is 53.1 Å². The molecule has 2 aromatic heterocycles. The second-order valence-corrected chi connectivity index (χ2v) is 8.16. The highest BCUT2D eigenvalue weighted by molar-refractivity contribution is 9.10.